The van der Waals surface area contributed by atoms with E-state index >= 15 is 0 Å². The van der Waals surface area contributed by atoms with Gasteiger partial charge in [-0.25, -0.2) is 0 Å². The highest BCUT2D eigenvalue weighted by Crippen LogP contribution is 1.79. The summed E-state index contributed by atoms with van der Waals surface area (Å²) in [6, 6.07) is 5.23. The van der Waals surface area contributed by atoms with E-state index < -0.39 is 0 Å². The van der Waals surface area contributed by atoms with Crippen LogP contribution in [-0.2, 0) is 0 Å². The minimum absolute atomic E-state index is 0.343. The molecule has 0 aliphatic rings. The first-order valence-electron chi connectivity index (χ1n) is 3.99. The van der Waals surface area contributed by atoms with Crippen LogP contribution in [0.3, 0.4) is 0 Å². The third-order valence-corrected chi connectivity index (χ3v) is 1.22. The van der Waals surface area contributed by atoms with E-state index in [4.69, 9.17) is 10.8 Å². The highest BCUT2D eigenvalue weighted by Gasteiger charge is 1.88. The smallest absolute Gasteiger partial charge is 0.130 e. The van der Waals surface area contributed by atoms with E-state index in [1.165, 1.54) is 4.57 Å². The lowest BCUT2D eigenvalue weighted by Gasteiger charge is -2.00. The van der Waals surface area contributed by atoms with Gasteiger partial charge in [-0.3, -0.25) is 15.4 Å². The zero-order valence-electron chi connectivity index (χ0n) is 7.76. The predicted molar refractivity (Wildman–Crippen MR) is 50.4 cm³/mol. The Kier molecular flexibility index (Phi) is 4.69. The Bertz CT molecular complexity index is 299. The van der Waals surface area contributed by atoms with E-state index in [-0.39, 0.29) is 0 Å². The molecule has 1 aromatic rings. The van der Waals surface area contributed by atoms with E-state index in [0.29, 0.717) is 11.3 Å². The maximum Gasteiger partial charge on any atom is 0.130 e. The fourth-order valence-corrected chi connectivity index (χ4v) is 0.736. The summed E-state index contributed by atoms with van der Waals surface area (Å²) in [5.41, 5.74) is 0.343. The van der Waals surface area contributed by atoms with Crippen molar-refractivity contribution >= 4 is 5.84 Å². The molecule has 12 heavy (non-hydrogen) atoms. The largest absolute Gasteiger partial charge is 0.291 e. The summed E-state index contributed by atoms with van der Waals surface area (Å²) in [5.74, 6) is 0.366. The van der Waals surface area contributed by atoms with Crippen LogP contribution in [0.1, 0.15) is 20.8 Å². The van der Waals surface area contributed by atoms with Crippen LogP contribution in [0.2, 0.25) is 0 Å². The van der Waals surface area contributed by atoms with Gasteiger partial charge in [0.2, 0.25) is 0 Å². The number of nitrogens with one attached hydrogen (secondary N) is 2. The van der Waals surface area contributed by atoms with Crippen LogP contribution in [0, 0.1) is 10.8 Å². The van der Waals surface area contributed by atoms with Crippen LogP contribution in [-0.4, -0.2) is 10.4 Å². The molecule has 0 aromatic carbocycles. The van der Waals surface area contributed by atoms with E-state index in [2.05, 4.69) is 0 Å². The van der Waals surface area contributed by atoms with E-state index in [0.717, 1.165) is 0 Å². The standard InChI is InChI=1S/C7H9N3.C2H6/c1-6(8)10-5-3-2-4-7(10)9;1-2/h2-5,8-9H,1H3;1-2H3. The van der Waals surface area contributed by atoms with Gasteiger partial charge in [-0.2, -0.15) is 0 Å². The van der Waals surface area contributed by atoms with Crippen LogP contribution in [0.4, 0.5) is 0 Å². The van der Waals surface area contributed by atoms with Gasteiger partial charge in [-0.15, -0.1) is 0 Å². The van der Waals surface area contributed by atoms with Crippen molar-refractivity contribution in [2.75, 3.05) is 0 Å². The molecule has 1 aromatic heterocycles. The molecular weight excluding hydrogens is 150 g/mol. The number of pyridine rings is 1. The summed E-state index contributed by atoms with van der Waals surface area (Å²) >= 11 is 0. The van der Waals surface area contributed by atoms with Crippen molar-refractivity contribution in [1.29, 1.82) is 10.8 Å². The molecule has 66 valence electrons. The Morgan fingerprint density at radius 3 is 2.25 bits per heavy atom. The highest BCUT2D eigenvalue weighted by molar-refractivity contribution is 5.78. The van der Waals surface area contributed by atoms with Gasteiger partial charge in [0.05, 0.1) is 0 Å². The average molecular weight is 165 g/mol. The lowest BCUT2D eigenvalue weighted by atomic mass is 10.4. The maximum atomic E-state index is 7.32. The topological polar surface area (TPSA) is 52.6 Å². The predicted octanol–water partition coefficient (Wildman–Crippen LogP) is 1.84. The minimum atomic E-state index is 0.343. The van der Waals surface area contributed by atoms with Crippen molar-refractivity contribution in [2.45, 2.75) is 20.8 Å². The number of nitrogens with zero attached hydrogens (tertiary/aromatic N) is 1. The van der Waals surface area contributed by atoms with Crippen LogP contribution >= 0.6 is 0 Å². The Hall–Kier alpha value is -1.38. The van der Waals surface area contributed by atoms with Crippen LogP contribution < -0.4 is 5.49 Å². The van der Waals surface area contributed by atoms with Crippen molar-refractivity contribution in [1.82, 2.24) is 4.57 Å². The highest BCUT2D eigenvalue weighted by atomic mass is 15.0. The molecule has 0 bridgehead atoms. The third kappa shape index (κ3) is 2.70. The van der Waals surface area contributed by atoms with Gasteiger partial charge < -0.3 is 0 Å². The van der Waals surface area contributed by atoms with Crippen molar-refractivity contribution < 1.29 is 0 Å². The second kappa shape index (κ2) is 5.29. The van der Waals surface area contributed by atoms with Gasteiger partial charge in [0, 0.05) is 6.20 Å². The molecule has 0 saturated heterocycles. The van der Waals surface area contributed by atoms with Gasteiger partial charge in [0.15, 0.2) is 0 Å². The molecule has 1 rings (SSSR count). The summed E-state index contributed by atoms with van der Waals surface area (Å²) < 4.78 is 1.50. The monoisotopic (exact) mass is 165 g/mol. The summed E-state index contributed by atoms with van der Waals surface area (Å²) in [5, 5.41) is 14.5. The van der Waals surface area contributed by atoms with Crippen LogP contribution in [0.15, 0.2) is 24.4 Å². The molecule has 0 spiro atoms. The molecule has 0 aliphatic carbocycles. The number of hydrogen-bond acceptors (Lipinski definition) is 2. The Morgan fingerprint density at radius 2 is 1.92 bits per heavy atom. The first kappa shape index (κ1) is 10.6. The number of aromatic nitrogens is 1. The zero-order valence-corrected chi connectivity index (χ0v) is 7.76. The molecule has 3 nitrogen and oxygen atoms in total. The SMILES string of the molecule is CC.CC(=N)n1ccccc1=N. The summed E-state index contributed by atoms with van der Waals surface area (Å²) in [6.07, 6.45) is 1.70. The number of hydrogen-bond donors (Lipinski definition) is 2. The van der Waals surface area contributed by atoms with Gasteiger partial charge in [0.25, 0.3) is 0 Å². The molecule has 0 fully saturated rings. The third-order valence-electron chi connectivity index (χ3n) is 1.22. The second-order valence-corrected chi connectivity index (χ2v) is 2.04. The van der Waals surface area contributed by atoms with Gasteiger partial charge in [0.1, 0.15) is 11.3 Å². The summed E-state index contributed by atoms with van der Waals surface area (Å²) in [6.45, 7) is 5.65. The molecule has 0 saturated carbocycles. The first-order chi connectivity index (χ1) is 5.72. The Labute approximate surface area is 72.7 Å². The summed E-state index contributed by atoms with van der Waals surface area (Å²) in [4.78, 5) is 0. The van der Waals surface area contributed by atoms with E-state index in [1.54, 1.807) is 31.3 Å². The maximum absolute atomic E-state index is 7.32. The minimum Gasteiger partial charge on any atom is -0.291 e. The molecule has 0 aliphatic heterocycles. The average Bonchev–Trinajstić information content (AvgIpc) is 2.08. The van der Waals surface area contributed by atoms with Gasteiger partial charge >= 0.3 is 0 Å². The van der Waals surface area contributed by atoms with Crippen LogP contribution in [0.25, 0.3) is 0 Å². The van der Waals surface area contributed by atoms with E-state index in [1.807, 2.05) is 13.8 Å². The van der Waals surface area contributed by atoms with Gasteiger partial charge in [-0.1, -0.05) is 19.9 Å². The summed E-state index contributed by atoms with van der Waals surface area (Å²) in [7, 11) is 0. The molecule has 0 amide bonds. The van der Waals surface area contributed by atoms with Crippen molar-refractivity contribution in [3.05, 3.63) is 29.9 Å². The first-order valence-corrected chi connectivity index (χ1v) is 3.99. The van der Waals surface area contributed by atoms with Gasteiger partial charge in [-0.05, 0) is 19.1 Å². The molecule has 0 atom stereocenters. The fraction of sp³-hybridized carbons (Fsp3) is 0.333. The molecule has 1 heterocycles. The molecule has 3 heteroatoms. The lowest BCUT2D eigenvalue weighted by Crippen LogP contribution is -2.22. The Morgan fingerprint density at radius 1 is 1.33 bits per heavy atom. The molecule has 0 unspecified atom stereocenters. The van der Waals surface area contributed by atoms with E-state index in [9.17, 15) is 0 Å². The molecular formula is C9H15N3. The zero-order chi connectivity index (χ0) is 9.56. The lowest BCUT2D eigenvalue weighted by molar-refractivity contribution is 0.958. The Balaban J connectivity index is 0.000000561. The quantitative estimate of drug-likeness (QED) is 0.435. The number of rotatable bonds is 0. The molecule has 0 radical (unpaired) electrons. The van der Waals surface area contributed by atoms with Crippen molar-refractivity contribution in [2.24, 2.45) is 0 Å². The molecule has 2 N–H and O–H groups in total. The van der Waals surface area contributed by atoms with Crippen LogP contribution in [0.5, 0.6) is 0 Å². The second-order valence-electron chi connectivity index (χ2n) is 2.04. The fourth-order valence-electron chi connectivity index (χ4n) is 0.736. The van der Waals surface area contributed by atoms with Crippen molar-refractivity contribution in [3.63, 3.8) is 0 Å². The van der Waals surface area contributed by atoms with Crippen molar-refractivity contribution in [3.8, 4) is 0 Å². The normalized spacial score (nSPS) is 8.25.